The number of nitrogens with one attached hydrogen (secondary N) is 2. The van der Waals surface area contributed by atoms with Crippen molar-refractivity contribution in [3.8, 4) is 11.5 Å². The van der Waals surface area contributed by atoms with Gasteiger partial charge < -0.3 is 14.6 Å². The van der Waals surface area contributed by atoms with E-state index in [2.05, 4.69) is 9.71 Å². The van der Waals surface area contributed by atoms with Gasteiger partial charge in [0.15, 0.2) is 5.75 Å². The van der Waals surface area contributed by atoms with Crippen molar-refractivity contribution in [2.75, 3.05) is 17.8 Å². The Bertz CT molecular complexity index is 1220. The summed E-state index contributed by atoms with van der Waals surface area (Å²) in [5, 5.41) is 0.355. The number of ether oxygens (including phenoxy) is 1. The molecule has 2 heterocycles. The highest BCUT2D eigenvalue weighted by Gasteiger charge is 2.24. The van der Waals surface area contributed by atoms with Crippen LogP contribution < -0.4 is 9.46 Å². The second-order valence-corrected chi connectivity index (χ2v) is 9.53. The molecule has 162 valence electrons. The number of amides is 1. The van der Waals surface area contributed by atoms with Gasteiger partial charge in [-0.3, -0.25) is 9.52 Å². The molecule has 1 fully saturated rings. The van der Waals surface area contributed by atoms with E-state index in [9.17, 15) is 13.2 Å². The van der Waals surface area contributed by atoms with Crippen LogP contribution in [0.15, 0.2) is 59.6 Å². The number of carbonyl (C=O) groups excluding carboxylic acids is 1. The molecule has 0 radical (unpaired) electrons. The number of anilines is 1. The molecular formula is C22H22ClN3O4S. The first-order valence-electron chi connectivity index (χ1n) is 9.86. The molecule has 2 N–H and O–H groups in total. The van der Waals surface area contributed by atoms with Crippen LogP contribution in [0.1, 0.15) is 28.9 Å². The fourth-order valence-electron chi connectivity index (χ4n) is 3.42. The van der Waals surface area contributed by atoms with Gasteiger partial charge >= 0.3 is 0 Å². The van der Waals surface area contributed by atoms with Crippen molar-refractivity contribution in [3.05, 3.63) is 71.0 Å². The van der Waals surface area contributed by atoms with E-state index in [1.54, 1.807) is 23.1 Å². The Morgan fingerprint density at radius 2 is 1.90 bits per heavy atom. The summed E-state index contributed by atoms with van der Waals surface area (Å²) in [4.78, 5) is 17.0. The summed E-state index contributed by atoms with van der Waals surface area (Å²) in [6, 6.07) is 13.4. The first-order chi connectivity index (χ1) is 14.8. The number of sulfonamides is 1. The van der Waals surface area contributed by atoms with Crippen molar-refractivity contribution >= 4 is 33.2 Å². The summed E-state index contributed by atoms with van der Waals surface area (Å²) in [6.07, 6.45) is 3.21. The number of benzene rings is 2. The number of aryl methyl sites for hydroxylation is 1. The molecule has 1 aromatic heterocycles. The predicted molar refractivity (Wildman–Crippen MR) is 119 cm³/mol. The monoisotopic (exact) mass is 459 g/mol. The molecule has 1 aliphatic rings. The normalized spacial score (nSPS) is 13.9. The van der Waals surface area contributed by atoms with E-state index in [1.165, 1.54) is 18.3 Å². The van der Waals surface area contributed by atoms with Gasteiger partial charge in [0, 0.05) is 24.3 Å². The number of H-pyrrole nitrogens is 1. The van der Waals surface area contributed by atoms with Crippen molar-refractivity contribution < 1.29 is 17.9 Å². The molecule has 0 bridgehead atoms. The fraction of sp³-hybridized carbons (Fsp3) is 0.227. The molecule has 7 nitrogen and oxygen atoms in total. The summed E-state index contributed by atoms with van der Waals surface area (Å²) in [5.74, 6) is 0.676. The molecule has 0 atom stereocenters. The van der Waals surface area contributed by atoms with Crippen molar-refractivity contribution in [1.29, 1.82) is 0 Å². The number of hydrogen-bond donors (Lipinski definition) is 2. The lowest BCUT2D eigenvalue weighted by Crippen LogP contribution is -2.27. The van der Waals surface area contributed by atoms with E-state index in [0.717, 1.165) is 18.4 Å². The Morgan fingerprint density at radius 3 is 2.65 bits per heavy atom. The van der Waals surface area contributed by atoms with E-state index in [1.807, 2.05) is 25.1 Å². The van der Waals surface area contributed by atoms with Crippen molar-refractivity contribution in [3.63, 3.8) is 0 Å². The average Bonchev–Trinajstić information content (AvgIpc) is 3.42. The maximum absolute atomic E-state index is 13.0. The second kappa shape index (κ2) is 8.64. The zero-order valence-electron chi connectivity index (χ0n) is 16.9. The van der Waals surface area contributed by atoms with Crippen molar-refractivity contribution in [1.82, 2.24) is 9.88 Å². The highest BCUT2D eigenvalue weighted by molar-refractivity contribution is 7.92. The summed E-state index contributed by atoms with van der Waals surface area (Å²) < 4.78 is 34.4. The molecule has 9 heteroatoms. The van der Waals surface area contributed by atoms with Gasteiger partial charge in [0.05, 0.1) is 5.69 Å². The first-order valence-corrected chi connectivity index (χ1v) is 11.7. The van der Waals surface area contributed by atoms with E-state index in [-0.39, 0.29) is 22.2 Å². The first kappa shape index (κ1) is 21.3. The Hall–Kier alpha value is -2.97. The molecule has 3 aromatic rings. The fourth-order valence-corrected chi connectivity index (χ4v) is 4.65. The second-order valence-electron chi connectivity index (χ2n) is 7.41. The maximum Gasteiger partial charge on any atom is 0.270 e. The highest BCUT2D eigenvalue weighted by Crippen LogP contribution is 2.34. The van der Waals surface area contributed by atoms with E-state index >= 15 is 0 Å². The van der Waals surface area contributed by atoms with Crippen LogP contribution >= 0.6 is 11.6 Å². The molecule has 2 aromatic carbocycles. The number of aromatic nitrogens is 1. The Labute approximate surface area is 186 Å². The van der Waals surface area contributed by atoms with Gasteiger partial charge in [-0.25, -0.2) is 8.42 Å². The zero-order valence-corrected chi connectivity index (χ0v) is 18.5. The predicted octanol–water partition coefficient (Wildman–Crippen LogP) is 4.81. The van der Waals surface area contributed by atoms with Gasteiger partial charge in [-0.05, 0) is 61.7 Å². The molecule has 0 aliphatic carbocycles. The number of carbonyl (C=O) groups is 1. The van der Waals surface area contributed by atoms with Crippen LogP contribution in [0.2, 0.25) is 5.02 Å². The quantitative estimate of drug-likeness (QED) is 0.553. The number of hydrogen-bond acceptors (Lipinski definition) is 4. The minimum atomic E-state index is -3.98. The standard InChI is InChI=1S/C22H22ClN3O4S/c1-15-5-4-6-17(11-15)30-21-8-7-16(23)12-19(21)25-31(28,29)18-13-20(24-14-18)22(27)26-9-2-3-10-26/h4-8,11-14,24-25H,2-3,9-10H2,1H3. The molecule has 0 spiro atoms. The third-order valence-electron chi connectivity index (χ3n) is 4.99. The minimum Gasteiger partial charge on any atom is -0.455 e. The summed E-state index contributed by atoms with van der Waals surface area (Å²) in [6.45, 7) is 3.30. The van der Waals surface area contributed by atoms with Gasteiger partial charge in [-0.1, -0.05) is 23.7 Å². The molecule has 1 aliphatic heterocycles. The average molecular weight is 460 g/mol. The number of halogens is 1. The van der Waals surface area contributed by atoms with Crippen LogP contribution in [0.3, 0.4) is 0 Å². The molecule has 0 unspecified atom stereocenters. The van der Waals surface area contributed by atoms with Crippen molar-refractivity contribution in [2.45, 2.75) is 24.7 Å². The summed E-state index contributed by atoms with van der Waals surface area (Å²) in [5.41, 5.74) is 1.45. The largest absolute Gasteiger partial charge is 0.455 e. The topological polar surface area (TPSA) is 91.5 Å². The van der Waals surface area contributed by atoms with Crippen LogP contribution in [0.25, 0.3) is 0 Å². The van der Waals surface area contributed by atoms with Crippen molar-refractivity contribution in [2.24, 2.45) is 0 Å². The minimum absolute atomic E-state index is 0.0449. The zero-order chi connectivity index (χ0) is 22.0. The lowest BCUT2D eigenvalue weighted by Gasteiger charge is -2.14. The highest BCUT2D eigenvalue weighted by atomic mass is 35.5. The smallest absolute Gasteiger partial charge is 0.270 e. The van der Waals surface area contributed by atoms with Gasteiger partial charge in [0.1, 0.15) is 16.3 Å². The summed E-state index contributed by atoms with van der Waals surface area (Å²) in [7, 11) is -3.98. The molecule has 1 amide bonds. The number of aromatic amines is 1. The van der Waals surface area contributed by atoms with Crippen LogP contribution in [0, 0.1) is 6.92 Å². The lowest BCUT2D eigenvalue weighted by molar-refractivity contribution is 0.0787. The third kappa shape index (κ3) is 4.86. The molecule has 1 saturated heterocycles. The number of nitrogens with zero attached hydrogens (tertiary/aromatic N) is 1. The third-order valence-corrected chi connectivity index (χ3v) is 6.57. The van der Waals surface area contributed by atoms with Crippen LogP contribution in [-0.2, 0) is 10.0 Å². The number of likely N-dealkylation sites (tertiary alicyclic amines) is 1. The number of rotatable bonds is 6. The van der Waals surface area contributed by atoms with E-state index in [0.29, 0.717) is 29.6 Å². The Morgan fingerprint density at radius 1 is 1.13 bits per heavy atom. The molecular weight excluding hydrogens is 438 g/mol. The SMILES string of the molecule is Cc1cccc(Oc2ccc(Cl)cc2NS(=O)(=O)c2c[nH]c(C(=O)N3CCCC3)c2)c1. The van der Waals surface area contributed by atoms with E-state index < -0.39 is 10.0 Å². The van der Waals surface area contributed by atoms with Gasteiger partial charge in [0.25, 0.3) is 15.9 Å². The van der Waals surface area contributed by atoms with Crippen LogP contribution in [-0.4, -0.2) is 37.3 Å². The molecule has 0 saturated carbocycles. The summed E-state index contributed by atoms with van der Waals surface area (Å²) >= 11 is 6.09. The Balaban J connectivity index is 1.58. The van der Waals surface area contributed by atoms with Gasteiger partial charge in [-0.2, -0.15) is 0 Å². The van der Waals surface area contributed by atoms with Crippen LogP contribution in [0.4, 0.5) is 5.69 Å². The van der Waals surface area contributed by atoms with E-state index in [4.69, 9.17) is 16.3 Å². The Kier molecular flexibility index (Phi) is 5.93. The lowest BCUT2D eigenvalue weighted by atomic mass is 10.2. The van der Waals surface area contributed by atoms with Gasteiger partial charge in [0.2, 0.25) is 0 Å². The molecule has 4 rings (SSSR count). The van der Waals surface area contributed by atoms with Crippen LogP contribution in [0.5, 0.6) is 11.5 Å². The maximum atomic E-state index is 13.0. The molecule has 31 heavy (non-hydrogen) atoms. The van der Waals surface area contributed by atoms with Gasteiger partial charge in [-0.15, -0.1) is 0 Å².